The Morgan fingerprint density at radius 2 is 1.18 bits per heavy atom. The molecule has 226 valence electrons. The molecule has 0 amide bonds. The Labute approximate surface area is 285 Å². The highest BCUT2D eigenvalue weighted by Crippen LogP contribution is 2.59. The largest absolute Gasteiger partial charge is 1.00 e. The van der Waals surface area contributed by atoms with Crippen molar-refractivity contribution < 1.29 is 36.1 Å². The third kappa shape index (κ3) is 27.0. The molecule has 0 atom stereocenters. The van der Waals surface area contributed by atoms with Crippen molar-refractivity contribution >= 4 is 66.4 Å². The van der Waals surface area contributed by atoms with Crippen molar-refractivity contribution in [2.75, 3.05) is 26.4 Å². The predicted molar refractivity (Wildman–Crippen MR) is 178 cm³/mol. The summed E-state index contributed by atoms with van der Waals surface area (Å²) >= 11 is 12.8. The molecule has 0 aliphatic carbocycles. The molecule has 0 bridgehead atoms. The van der Waals surface area contributed by atoms with Gasteiger partial charge in [0.1, 0.15) is 4.03 Å². The Morgan fingerprint density at radius 1 is 0.775 bits per heavy atom. The van der Waals surface area contributed by atoms with Gasteiger partial charge in [0.2, 0.25) is 0 Å². The lowest BCUT2D eigenvalue weighted by Gasteiger charge is -2.09. The van der Waals surface area contributed by atoms with Gasteiger partial charge in [0.25, 0.3) is 0 Å². The smallest absolute Gasteiger partial charge is 0.169 e. The summed E-state index contributed by atoms with van der Waals surface area (Å²) in [6.45, 7) is 12.1. The van der Waals surface area contributed by atoms with Crippen LogP contribution in [0.3, 0.4) is 0 Å². The van der Waals surface area contributed by atoms with E-state index in [0.717, 1.165) is 43.2 Å². The van der Waals surface area contributed by atoms with Crippen molar-refractivity contribution in [3.8, 4) is 0 Å². The van der Waals surface area contributed by atoms with E-state index in [4.69, 9.17) is 14.6 Å². The first-order valence-corrected chi connectivity index (χ1v) is 21.1. The summed E-state index contributed by atoms with van der Waals surface area (Å²) in [5.74, 6) is 0.745. The number of nitrogens with zero attached hydrogens (tertiary/aromatic N) is 3. The van der Waals surface area contributed by atoms with Gasteiger partial charge >= 0.3 is 0 Å². The Hall–Kier alpha value is 0.160. The lowest BCUT2D eigenvalue weighted by atomic mass is 10.0. The van der Waals surface area contributed by atoms with Crippen LogP contribution in [0.4, 0.5) is 0 Å². The summed E-state index contributed by atoms with van der Waals surface area (Å²) in [6.07, 6.45) is 12.4. The van der Waals surface area contributed by atoms with Gasteiger partial charge in [0.05, 0.1) is 33.0 Å². The highest BCUT2D eigenvalue weighted by Gasteiger charge is 2.05. The van der Waals surface area contributed by atoms with Crippen LogP contribution in [0.5, 0.6) is 0 Å². The average Bonchev–Trinajstić information content (AvgIpc) is 2.95. The van der Waals surface area contributed by atoms with E-state index >= 15 is 0 Å². The topological polar surface area (TPSA) is 68.4 Å². The molecule has 4 rings (SSSR count). The minimum Gasteiger partial charge on any atom is -1.00 e. The molecule has 0 saturated carbocycles. The van der Waals surface area contributed by atoms with Gasteiger partial charge in [-0.3, -0.25) is 9.97 Å². The van der Waals surface area contributed by atoms with Crippen LogP contribution in [-0.4, -0.2) is 41.5 Å². The molecule has 3 aromatic heterocycles. The average molecular weight is 898 g/mol. The third-order valence-corrected chi connectivity index (χ3v) is 5.39. The quantitative estimate of drug-likeness (QED) is 0.201. The number of ether oxygens (including phenoxy) is 2. The third-order valence-electron chi connectivity index (χ3n) is 4.74. The van der Waals surface area contributed by atoms with Gasteiger partial charge in [0, 0.05) is 42.3 Å². The van der Waals surface area contributed by atoms with E-state index in [2.05, 4.69) is 129 Å². The second kappa shape index (κ2) is 29.2. The molecule has 0 spiro atoms. The van der Waals surface area contributed by atoms with Gasteiger partial charge in [-0.15, -0.1) is 0 Å². The predicted octanol–water partition coefficient (Wildman–Crippen LogP) is 5.74. The molecule has 40 heavy (non-hydrogen) atoms. The van der Waals surface area contributed by atoms with Gasteiger partial charge in [-0.2, -0.15) is 0 Å². The molecule has 0 radical (unpaired) electrons. The number of aliphatic hydroxyl groups is 1. The molecule has 12 heteroatoms. The number of halogens is 5. The van der Waals surface area contributed by atoms with Gasteiger partial charge < -0.3 is 31.6 Å². The zero-order valence-corrected chi connectivity index (χ0v) is 32.3. The molecule has 0 aromatic carbocycles. The SMILES string of the molecule is BrCc1ccncc1.BrP(Br)Br.C1COCCO1.CC(C)Cc1cc[n+](C(C)C)cc1.OCc1ccncc1.[Br-]. The maximum absolute atomic E-state index is 8.51. The molecule has 1 fully saturated rings. The number of alkyl halides is 1. The number of rotatable bonds is 5. The zero-order chi connectivity index (χ0) is 29.3. The van der Waals surface area contributed by atoms with Crippen LogP contribution in [0, 0.1) is 5.92 Å². The van der Waals surface area contributed by atoms with E-state index in [1.807, 2.05) is 12.1 Å². The summed E-state index contributed by atoms with van der Waals surface area (Å²) in [6, 6.07) is 12.5. The summed E-state index contributed by atoms with van der Waals surface area (Å²) in [4.78, 5) is 7.65. The lowest BCUT2D eigenvalue weighted by molar-refractivity contribution is -0.716. The summed E-state index contributed by atoms with van der Waals surface area (Å²) < 4.78 is 11.9. The number of pyridine rings is 3. The van der Waals surface area contributed by atoms with Crippen molar-refractivity contribution in [2.24, 2.45) is 5.92 Å². The number of aromatic nitrogens is 3. The van der Waals surface area contributed by atoms with E-state index < -0.39 is 0 Å². The number of hydrogen-bond donors (Lipinski definition) is 1. The molecular weight excluding hydrogens is 857 g/mol. The summed E-state index contributed by atoms with van der Waals surface area (Å²) in [5.41, 5.74) is 3.60. The van der Waals surface area contributed by atoms with E-state index in [-0.39, 0.29) is 27.6 Å². The molecule has 3 aromatic rings. The molecule has 4 heterocycles. The highest BCUT2D eigenvalue weighted by molar-refractivity contribution is 9.93. The minimum atomic E-state index is -0.183. The van der Waals surface area contributed by atoms with Crippen LogP contribution >= 0.6 is 66.4 Å². The van der Waals surface area contributed by atoms with Crippen LogP contribution in [0.15, 0.2) is 73.6 Å². The normalized spacial score (nSPS) is 11.8. The lowest BCUT2D eigenvalue weighted by Crippen LogP contribution is -3.00. The monoisotopic (exact) mass is 893 g/mol. The first-order valence-electron chi connectivity index (χ1n) is 12.6. The van der Waals surface area contributed by atoms with Crippen LogP contribution in [-0.2, 0) is 27.8 Å². The molecule has 6 nitrogen and oxygen atoms in total. The van der Waals surface area contributed by atoms with E-state index in [1.54, 1.807) is 36.9 Å². The van der Waals surface area contributed by atoms with Crippen molar-refractivity contribution in [3.05, 3.63) is 90.3 Å². The fourth-order valence-corrected chi connectivity index (χ4v) is 3.19. The van der Waals surface area contributed by atoms with Gasteiger partial charge in [-0.1, -0.05) is 29.8 Å². The number of aliphatic hydroxyl groups excluding tert-OH is 1. The first-order chi connectivity index (χ1) is 18.7. The Morgan fingerprint density at radius 3 is 1.43 bits per heavy atom. The highest BCUT2D eigenvalue weighted by atomic mass is 80.0. The van der Waals surface area contributed by atoms with E-state index in [1.165, 1.54) is 17.5 Å². The Balaban J connectivity index is 0. The maximum Gasteiger partial charge on any atom is 0.169 e. The molecule has 1 N–H and O–H groups in total. The standard InChI is InChI=1S/C12H20N.C6H6BrN.C6H7NO.C4H8O2.Br3P.BrH/c1-10(2)9-12-5-7-13(8-6-12)11(3)4;7-5-6-1-3-8-4-2-6;8-5-6-1-3-7-4-2-6;1-2-6-4-3-5-1;1-4(2)3;/h5-8,10-11H,9H2,1-4H3;1-4H,5H2;1-4,8H,5H2;1-4H2;;1H/q+1;;;;;/p-1. The molecule has 1 aliphatic rings. The molecule has 1 aliphatic heterocycles. The first kappa shape index (κ1) is 42.3. The fraction of sp³-hybridized carbons (Fsp3) is 0.464. The van der Waals surface area contributed by atoms with Crippen LogP contribution in [0.1, 0.15) is 50.4 Å². The van der Waals surface area contributed by atoms with Crippen LogP contribution in [0.2, 0.25) is 0 Å². The summed E-state index contributed by atoms with van der Waals surface area (Å²) in [7, 11) is 0. The van der Waals surface area contributed by atoms with Gasteiger partial charge in [-0.25, -0.2) is 4.57 Å². The minimum absolute atomic E-state index is 0. The van der Waals surface area contributed by atoms with Crippen molar-refractivity contribution in [1.29, 1.82) is 0 Å². The fourth-order valence-electron chi connectivity index (χ4n) is 2.82. The molecular formula is C28H41Br5N3O3P. The number of hydrogen-bond acceptors (Lipinski definition) is 5. The van der Waals surface area contributed by atoms with E-state index in [0.29, 0.717) is 6.04 Å². The maximum atomic E-state index is 8.51. The Kier molecular flexibility index (Phi) is 30.9. The van der Waals surface area contributed by atoms with Crippen LogP contribution in [0.25, 0.3) is 0 Å². The Bertz CT molecular complexity index is 872. The zero-order valence-electron chi connectivity index (χ0n) is 23.5. The van der Waals surface area contributed by atoms with Crippen molar-refractivity contribution in [3.63, 3.8) is 0 Å². The van der Waals surface area contributed by atoms with Crippen LogP contribution < -0.4 is 21.5 Å². The second-order valence-electron chi connectivity index (χ2n) is 8.76. The van der Waals surface area contributed by atoms with Crippen molar-refractivity contribution in [2.45, 2.75) is 52.1 Å². The second-order valence-corrected chi connectivity index (χ2v) is 24.7. The summed E-state index contributed by atoms with van der Waals surface area (Å²) in [5, 5.41) is 9.42. The van der Waals surface area contributed by atoms with Crippen molar-refractivity contribution in [1.82, 2.24) is 9.97 Å². The van der Waals surface area contributed by atoms with E-state index in [9.17, 15) is 0 Å². The molecule has 1 saturated heterocycles. The van der Waals surface area contributed by atoms with Gasteiger partial charge in [-0.05, 0) is 114 Å². The van der Waals surface area contributed by atoms with Gasteiger partial charge in [0.15, 0.2) is 18.4 Å². The molecule has 0 unspecified atom stereocenters.